The summed E-state index contributed by atoms with van der Waals surface area (Å²) < 4.78 is 23.3. The third kappa shape index (κ3) is 3.88. The minimum atomic E-state index is -3.01. The molecule has 0 spiro atoms. The standard InChI is InChI=1S/C17H25N3O3S/c1-2-20(15-9-10-24(22,23)12-15)17(21)16-8-7-14(11-18-16)19-13-5-3-4-6-13/h7-8,11,13,15,19H,2-6,9-10,12H2,1H3. The summed E-state index contributed by atoms with van der Waals surface area (Å²) >= 11 is 0. The van der Waals surface area contributed by atoms with Crippen LogP contribution in [0.2, 0.25) is 0 Å². The fourth-order valence-electron chi connectivity index (χ4n) is 3.65. The Morgan fingerprint density at radius 1 is 1.29 bits per heavy atom. The van der Waals surface area contributed by atoms with Crippen LogP contribution in [-0.4, -0.2) is 54.3 Å². The molecule has 7 heteroatoms. The Balaban J connectivity index is 1.66. The molecule has 1 amide bonds. The third-order valence-electron chi connectivity index (χ3n) is 4.96. The van der Waals surface area contributed by atoms with E-state index in [9.17, 15) is 13.2 Å². The summed E-state index contributed by atoms with van der Waals surface area (Å²) in [6.45, 7) is 2.36. The highest BCUT2D eigenvalue weighted by atomic mass is 32.2. The molecule has 1 aliphatic carbocycles. The van der Waals surface area contributed by atoms with E-state index in [4.69, 9.17) is 0 Å². The molecular formula is C17H25N3O3S. The second kappa shape index (κ2) is 7.09. The van der Waals surface area contributed by atoms with E-state index in [0.717, 1.165) is 5.69 Å². The Kier molecular flexibility index (Phi) is 5.08. The van der Waals surface area contributed by atoms with Gasteiger partial charge in [0.2, 0.25) is 0 Å². The van der Waals surface area contributed by atoms with Gasteiger partial charge >= 0.3 is 0 Å². The first kappa shape index (κ1) is 17.2. The lowest BCUT2D eigenvalue weighted by Gasteiger charge is -2.26. The molecule has 2 fully saturated rings. The average Bonchev–Trinajstić information content (AvgIpc) is 3.18. The molecule has 2 heterocycles. The Morgan fingerprint density at radius 2 is 2.04 bits per heavy atom. The minimum absolute atomic E-state index is 0.0634. The molecule has 6 nitrogen and oxygen atoms in total. The van der Waals surface area contributed by atoms with Crippen LogP contribution in [0.25, 0.3) is 0 Å². The van der Waals surface area contributed by atoms with Crippen LogP contribution in [0.1, 0.15) is 49.5 Å². The molecule has 1 N–H and O–H groups in total. The number of sulfone groups is 1. The van der Waals surface area contributed by atoms with Gasteiger partial charge in [-0.25, -0.2) is 13.4 Å². The van der Waals surface area contributed by atoms with Crippen molar-refractivity contribution in [2.75, 3.05) is 23.4 Å². The summed E-state index contributed by atoms with van der Waals surface area (Å²) in [6, 6.07) is 3.89. The summed E-state index contributed by atoms with van der Waals surface area (Å²) in [5.41, 5.74) is 1.31. The summed E-state index contributed by atoms with van der Waals surface area (Å²) in [4.78, 5) is 18.6. The van der Waals surface area contributed by atoms with Crippen molar-refractivity contribution in [2.24, 2.45) is 0 Å². The molecular weight excluding hydrogens is 326 g/mol. The predicted molar refractivity (Wildman–Crippen MR) is 93.9 cm³/mol. The second-order valence-corrected chi connectivity index (χ2v) is 8.93. The number of carbonyl (C=O) groups excluding carboxylic acids is 1. The number of hydrogen-bond acceptors (Lipinski definition) is 5. The van der Waals surface area contributed by atoms with Crippen molar-refractivity contribution in [1.29, 1.82) is 0 Å². The van der Waals surface area contributed by atoms with Crippen LogP contribution in [0.5, 0.6) is 0 Å². The van der Waals surface area contributed by atoms with E-state index in [2.05, 4.69) is 10.3 Å². The number of rotatable bonds is 5. The van der Waals surface area contributed by atoms with E-state index < -0.39 is 9.84 Å². The molecule has 0 radical (unpaired) electrons. The van der Waals surface area contributed by atoms with Crippen molar-refractivity contribution in [3.63, 3.8) is 0 Å². The van der Waals surface area contributed by atoms with Crippen LogP contribution in [0.4, 0.5) is 5.69 Å². The fraction of sp³-hybridized carbons (Fsp3) is 0.647. The van der Waals surface area contributed by atoms with Gasteiger partial charge in [0, 0.05) is 18.6 Å². The lowest BCUT2D eigenvalue weighted by Crippen LogP contribution is -2.41. The number of pyridine rings is 1. The number of carbonyl (C=O) groups is 1. The molecule has 1 saturated carbocycles. The molecule has 24 heavy (non-hydrogen) atoms. The van der Waals surface area contributed by atoms with Crippen molar-refractivity contribution in [1.82, 2.24) is 9.88 Å². The van der Waals surface area contributed by atoms with E-state index in [-0.39, 0.29) is 23.5 Å². The van der Waals surface area contributed by atoms with E-state index in [1.165, 1.54) is 25.7 Å². The molecule has 1 aliphatic heterocycles. The van der Waals surface area contributed by atoms with Crippen LogP contribution in [0, 0.1) is 0 Å². The number of aromatic nitrogens is 1. The van der Waals surface area contributed by atoms with Crippen LogP contribution in [0.15, 0.2) is 18.3 Å². The lowest BCUT2D eigenvalue weighted by atomic mass is 10.2. The highest BCUT2D eigenvalue weighted by Crippen LogP contribution is 2.23. The molecule has 2 aliphatic rings. The highest BCUT2D eigenvalue weighted by molar-refractivity contribution is 7.91. The first-order chi connectivity index (χ1) is 11.5. The maximum Gasteiger partial charge on any atom is 0.272 e. The first-order valence-corrected chi connectivity index (χ1v) is 10.5. The average molecular weight is 351 g/mol. The van der Waals surface area contributed by atoms with Crippen LogP contribution in [-0.2, 0) is 9.84 Å². The van der Waals surface area contributed by atoms with Gasteiger partial charge in [-0.1, -0.05) is 12.8 Å². The molecule has 1 saturated heterocycles. The molecule has 1 aromatic heterocycles. The second-order valence-electron chi connectivity index (χ2n) is 6.71. The lowest BCUT2D eigenvalue weighted by molar-refractivity contribution is 0.0702. The fourth-order valence-corrected chi connectivity index (χ4v) is 5.38. The molecule has 3 rings (SSSR count). The topological polar surface area (TPSA) is 79.4 Å². The van der Waals surface area contributed by atoms with Gasteiger partial charge in [0.05, 0.1) is 23.4 Å². The maximum absolute atomic E-state index is 12.7. The predicted octanol–water partition coefficient (Wildman–Crippen LogP) is 2.09. The van der Waals surface area contributed by atoms with Gasteiger partial charge in [0.15, 0.2) is 9.84 Å². The van der Waals surface area contributed by atoms with Crippen LogP contribution in [0.3, 0.4) is 0 Å². The summed E-state index contributed by atoms with van der Waals surface area (Å²) in [5, 5.41) is 3.45. The summed E-state index contributed by atoms with van der Waals surface area (Å²) in [7, 11) is -3.01. The number of hydrogen-bond donors (Lipinski definition) is 1. The number of nitrogens with one attached hydrogen (secondary N) is 1. The zero-order chi connectivity index (χ0) is 17.2. The van der Waals surface area contributed by atoms with Gasteiger partial charge in [0.1, 0.15) is 5.69 Å². The van der Waals surface area contributed by atoms with Gasteiger partial charge in [-0.05, 0) is 38.3 Å². The third-order valence-corrected chi connectivity index (χ3v) is 6.71. The van der Waals surface area contributed by atoms with Crippen molar-refractivity contribution >= 4 is 21.4 Å². The number of nitrogens with zero attached hydrogens (tertiary/aromatic N) is 2. The first-order valence-electron chi connectivity index (χ1n) is 8.72. The molecule has 0 aromatic carbocycles. The van der Waals surface area contributed by atoms with E-state index in [1.54, 1.807) is 17.2 Å². The van der Waals surface area contributed by atoms with Crippen LogP contribution >= 0.6 is 0 Å². The Morgan fingerprint density at radius 3 is 2.58 bits per heavy atom. The normalized spacial score (nSPS) is 23.3. The van der Waals surface area contributed by atoms with E-state index >= 15 is 0 Å². The Labute approximate surface area is 143 Å². The van der Waals surface area contributed by atoms with Crippen LogP contribution < -0.4 is 5.32 Å². The van der Waals surface area contributed by atoms with Crippen molar-refractivity contribution in [2.45, 2.75) is 51.1 Å². The SMILES string of the molecule is CCN(C(=O)c1ccc(NC2CCCC2)cn1)C1CCS(=O)(=O)C1. The quantitative estimate of drug-likeness (QED) is 0.879. The number of anilines is 1. The van der Waals surface area contributed by atoms with Gasteiger partial charge in [-0.3, -0.25) is 4.79 Å². The van der Waals surface area contributed by atoms with Crippen molar-refractivity contribution in [3.8, 4) is 0 Å². The van der Waals surface area contributed by atoms with Crippen molar-refractivity contribution < 1.29 is 13.2 Å². The van der Waals surface area contributed by atoms with Crippen molar-refractivity contribution in [3.05, 3.63) is 24.0 Å². The molecule has 1 aromatic rings. The molecule has 0 bridgehead atoms. The maximum atomic E-state index is 12.7. The Bertz CT molecular complexity index is 682. The zero-order valence-electron chi connectivity index (χ0n) is 14.1. The summed E-state index contributed by atoms with van der Waals surface area (Å²) in [5.74, 6) is 0.0412. The number of amides is 1. The monoisotopic (exact) mass is 351 g/mol. The van der Waals surface area contributed by atoms with Gasteiger partial charge in [-0.2, -0.15) is 0 Å². The van der Waals surface area contributed by atoms with E-state index in [1.807, 2.05) is 13.0 Å². The van der Waals surface area contributed by atoms with Gasteiger partial charge < -0.3 is 10.2 Å². The zero-order valence-corrected chi connectivity index (χ0v) is 14.9. The molecule has 132 valence electrons. The van der Waals surface area contributed by atoms with Gasteiger partial charge in [0.25, 0.3) is 5.91 Å². The highest BCUT2D eigenvalue weighted by Gasteiger charge is 2.34. The molecule has 1 unspecified atom stereocenters. The Hall–Kier alpha value is -1.63. The van der Waals surface area contributed by atoms with Gasteiger partial charge in [-0.15, -0.1) is 0 Å². The van der Waals surface area contributed by atoms with E-state index in [0.29, 0.717) is 24.7 Å². The molecule has 1 atom stereocenters. The largest absolute Gasteiger partial charge is 0.381 e. The smallest absolute Gasteiger partial charge is 0.272 e. The minimum Gasteiger partial charge on any atom is -0.381 e. The summed E-state index contributed by atoms with van der Waals surface area (Å²) in [6.07, 6.45) is 7.10.